The molecule has 1 amide bonds. The largest absolute Gasteiger partial charge is 0.329 e. The summed E-state index contributed by atoms with van der Waals surface area (Å²) < 4.78 is 0. The monoisotopic (exact) mass is 182 g/mol. The maximum atomic E-state index is 11.6. The van der Waals surface area contributed by atoms with E-state index in [-0.39, 0.29) is 11.9 Å². The van der Waals surface area contributed by atoms with E-state index in [0.29, 0.717) is 18.5 Å². The van der Waals surface area contributed by atoms with Crippen LogP contribution in [-0.4, -0.2) is 42.8 Å². The van der Waals surface area contributed by atoms with E-state index in [0.717, 1.165) is 19.1 Å². The van der Waals surface area contributed by atoms with E-state index >= 15 is 0 Å². The third-order valence-electron chi connectivity index (χ3n) is 2.92. The van der Waals surface area contributed by atoms with Gasteiger partial charge in [-0.1, -0.05) is 0 Å². The Kier molecular flexibility index (Phi) is 2.07. The molecule has 0 radical (unpaired) electrons. The molecule has 0 aromatic rings. The number of piperidine rings is 1. The molecule has 1 heterocycles. The van der Waals surface area contributed by atoms with Crippen LogP contribution in [0.25, 0.3) is 0 Å². The van der Waals surface area contributed by atoms with Gasteiger partial charge in [-0.15, -0.1) is 0 Å². The Hall–Kier alpha value is -0.900. The second kappa shape index (κ2) is 3.10. The molecule has 3 atom stereocenters. The minimum Gasteiger partial charge on any atom is -0.329 e. The van der Waals surface area contributed by atoms with E-state index in [1.807, 2.05) is 0 Å². The van der Waals surface area contributed by atoms with E-state index < -0.39 is 0 Å². The molecule has 4 nitrogen and oxygen atoms in total. The maximum absolute atomic E-state index is 11.6. The van der Waals surface area contributed by atoms with E-state index in [4.69, 9.17) is 0 Å². The summed E-state index contributed by atoms with van der Waals surface area (Å²) in [5, 5.41) is 2.82. The van der Waals surface area contributed by atoms with E-state index in [2.05, 4.69) is 5.32 Å². The van der Waals surface area contributed by atoms with Crippen LogP contribution in [0, 0.1) is 5.92 Å². The number of fused-ring (bicyclic) bond motifs is 1. The lowest BCUT2D eigenvalue weighted by Gasteiger charge is -2.23. The predicted molar refractivity (Wildman–Crippen MR) is 47.1 cm³/mol. The van der Waals surface area contributed by atoms with Crippen LogP contribution >= 0.6 is 0 Å². The number of hydrogen-bond donors (Lipinski definition) is 1. The van der Waals surface area contributed by atoms with Crippen molar-refractivity contribution in [2.75, 3.05) is 13.6 Å². The van der Waals surface area contributed by atoms with Crippen LogP contribution in [0.5, 0.6) is 0 Å². The Balaban J connectivity index is 2.02. The molecule has 13 heavy (non-hydrogen) atoms. The first-order chi connectivity index (χ1) is 6.27. The maximum Gasteiger partial charge on any atom is 0.237 e. The van der Waals surface area contributed by atoms with Crippen molar-refractivity contribution in [3.05, 3.63) is 0 Å². The Morgan fingerprint density at radius 1 is 1.62 bits per heavy atom. The van der Waals surface area contributed by atoms with Gasteiger partial charge >= 0.3 is 0 Å². The summed E-state index contributed by atoms with van der Waals surface area (Å²) in [7, 11) is 1.74. The molecule has 2 fully saturated rings. The number of nitrogens with one attached hydrogen (secondary N) is 1. The number of carbonyl (C=O) groups is 2. The molecular weight excluding hydrogens is 168 g/mol. The predicted octanol–water partition coefficient (Wildman–Crippen LogP) is -0.606. The number of carbonyl (C=O) groups excluding carboxylic acids is 2. The number of likely N-dealkylation sites (N-methyl/N-ethyl adjacent to an activating group) is 1. The first kappa shape index (κ1) is 8.69. The lowest BCUT2D eigenvalue weighted by Crippen LogP contribution is -2.43. The van der Waals surface area contributed by atoms with Gasteiger partial charge in [0.25, 0.3) is 0 Å². The quantitative estimate of drug-likeness (QED) is 0.593. The summed E-state index contributed by atoms with van der Waals surface area (Å²) in [5.41, 5.74) is 0. The highest BCUT2D eigenvalue weighted by Crippen LogP contribution is 2.47. The Labute approximate surface area is 77.3 Å². The number of aldehydes is 1. The lowest BCUT2D eigenvalue weighted by molar-refractivity contribution is -0.134. The number of nitrogens with zero attached hydrogens (tertiary/aromatic N) is 1. The highest BCUT2D eigenvalue weighted by Gasteiger charge is 2.53. The Bertz CT molecular complexity index is 242. The minimum atomic E-state index is -0.149. The van der Waals surface area contributed by atoms with Crippen molar-refractivity contribution in [2.24, 2.45) is 5.92 Å². The fraction of sp³-hybridized carbons (Fsp3) is 0.778. The highest BCUT2D eigenvalue weighted by molar-refractivity contribution is 5.83. The van der Waals surface area contributed by atoms with Gasteiger partial charge in [-0.25, -0.2) is 0 Å². The smallest absolute Gasteiger partial charge is 0.237 e. The van der Waals surface area contributed by atoms with Gasteiger partial charge in [0.2, 0.25) is 5.91 Å². The van der Waals surface area contributed by atoms with Crippen LogP contribution in [-0.2, 0) is 9.59 Å². The van der Waals surface area contributed by atoms with Crippen molar-refractivity contribution in [3.63, 3.8) is 0 Å². The van der Waals surface area contributed by atoms with Crippen LogP contribution in [0.1, 0.15) is 12.8 Å². The molecule has 0 bridgehead atoms. The fourth-order valence-corrected chi connectivity index (χ4v) is 2.23. The second-order valence-corrected chi connectivity index (χ2v) is 3.83. The van der Waals surface area contributed by atoms with Gasteiger partial charge in [-0.05, 0) is 25.8 Å². The summed E-state index contributed by atoms with van der Waals surface area (Å²) in [6.45, 7) is 0.341. The van der Waals surface area contributed by atoms with Crippen LogP contribution in [0.4, 0.5) is 0 Å². The molecule has 0 aromatic heterocycles. The standard InChI is InChI=1S/C9H14N2O2/c1-10-4-9(13)11-7(5-12)2-6-3-8(6)11/h5-8,10H,2-4H2,1H3. The first-order valence-electron chi connectivity index (χ1n) is 4.69. The van der Waals surface area contributed by atoms with Crippen LogP contribution in [0.2, 0.25) is 0 Å². The van der Waals surface area contributed by atoms with Crippen molar-refractivity contribution in [1.82, 2.24) is 10.2 Å². The zero-order chi connectivity index (χ0) is 9.42. The van der Waals surface area contributed by atoms with Gasteiger partial charge in [0.05, 0.1) is 12.6 Å². The molecule has 1 aliphatic heterocycles. The van der Waals surface area contributed by atoms with Gasteiger partial charge in [-0.3, -0.25) is 4.79 Å². The average molecular weight is 182 g/mol. The van der Waals surface area contributed by atoms with Crippen LogP contribution < -0.4 is 5.32 Å². The van der Waals surface area contributed by atoms with Gasteiger partial charge in [0.1, 0.15) is 6.29 Å². The molecule has 0 aromatic carbocycles. The Morgan fingerprint density at radius 2 is 2.38 bits per heavy atom. The third-order valence-corrected chi connectivity index (χ3v) is 2.92. The molecule has 4 heteroatoms. The van der Waals surface area contributed by atoms with Gasteiger partial charge in [-0.2, -0.15) is 0 Å². The van der Waals surface area contributed by atoms with E-state index in [9.17, 15) is 9.59 Å². The third kappa shape index (κ3) is 1.35. The zero-order valence-corrected chi connectivity index (χ0v) is 7.69. The van der Waals surface area contributed by atoms with Crippen LogP contribution in [0.15, 0.2) is 0 Å². The molecule has 2 aliphatic rings. The summed E-state index contributed by atoms with van der Waals surface area (Å²) in [6.07, 6.45) is 2.88. The number of amides is 1. The van der Waals surface area contributed by atoms with Crippen molar-refractivity contribution >= 4 is 12.2 Å². The van der Waals surface area contributed by atoms with Crippen molar-refractivity contribution in [1.29, 1.82) is 0 Å². The molecule has 2 rings (SSSR count). The summed E-state index contributed by atoms with van der Waals surface area (Å²) in [4.78, 5) is 24.0. The second-order valence-electron chi connectivity index (χ2n) is 3.83. The van der Waals surface area contributed by atoms with Crippen molar-refractivity contribution < 1.29 is 9.59 Å². The minimum absolute atomic E-state index is 0.0598. The number of rotatable bonds is 3. The zero-order valence-electron chi connectivity index (χ0n) is 7.69. The normalized spacial score (nSPS) is 35.8. The lowest BCUT2D eigenvalue weighted by atomic mass is 10.2. The summed E-state index contributed by atoms with van der Waals surface area (Å²) in [6, 6.07) is 0.223. The van der Waals surface area contributed by atoms with Crippen LogP contribution in [0.3, 0.4) is 0 Å². The SMILES string of the molecule is CNCC(=O)N1C(C=O)CC2CC21. The highest BCUT2D eigenvalue weighted by atomic mass is 16.2. The van der Waals surface area contributed by atoms with Gasteiger partial charge in [0, 0.05) is 6.04 Å². The van der Waals surface area contributed by atoms with Crippen molar-refractivity contribution in [2.45, 2.75) is 24.9 Å². The van der Waals surface area contributed by atoms with Gasteiger partial charge < -0.3 is 15.0 Å². The van der Waals surface area contributed by atoms with E-state index in [1.165, 1.54) is 0 Å². The number of likely N-dealkylation sites (tertiary alicyclic amines) is 1. The van der Waals surface area contributed by atoms with E-state index in [1.54, 1.807) is 11.9 Å². The molecule has 1 N–H and O–H groups in total. The molecule has 0 spiro atoms. The topological polar surface area (TPSA) is 49.4 Å². The van der Waals surface area contributed by atoms with Gasteiger partial charge in [0.15, 0.2) is 0 Å². The molecule has 1 saturated carbocycles. The number of hydrogen-bond acceptors (Lipinski definition) is 3. The molecule has 3 unspecified atom stereocenters. The van der Waals surface area contributed by atoms with Crippen molar-refractivity contribution in [3.8, 4) is 0 Å². The Morgan fingerprint density at radius 3 is 3.00 bits per heavy atom. The average Bonchev–Trinajstić information content (AvgIpc) is 2.77. The summed E-state index contributed by atoms with van der Waals surface area (Å²) >= 11 is 0. The fourth-order valence-electron chi connectivity index (χ4n) is 2.23. The molecule has 1 saturated heterocycles. The molecule has 1 aliphatic carbocycles. The molecule has 72 valence electrons. The summed E-state index contributed by atoms with van der Waals surface area (Å²) in [5.74, 6) is 0.667. The first-order valence-corrected chi connectivity index (χ1v) is 4.69. The molecular formula is C9H14N2O2.